The van der Waals surface area contributed by atoms with Gasteiger partial charge in [0.05, 0.1) is 11.8 Å². The van der Waals surface area contributed by atoms with Gasteiger partial charge < -0.3 is 9.32 Å². The smallest absolute Gasteiger partial charge is 0.258 e. The molecule has 3 nitrogen and oxygen atoms in total. The predicted octanol–water partition coefficient (Wildman–Crippen LogP) is 3.63. The summed E-state index contributed by atoms with van der Waals surface area (Å²) in [6.07, 6.45) is 3.56. The van der Waals surface area contributed by atoms with Gasteiger partial charge in [-0.1, -0.05) is 24.3 Å². The van der Waals surface area contributed by atoms with Crippen LogP contribution in [-0.2, 0) is 13.0 Å². The summed E-state index contributed by atoms with van der Waals surface area (Å²) < 4.78 is 5.66. The number of aryl methyl sites for hydroxylation is 1. The molecule has 19 heavy (non-hydrogen) atoms. The van der Waals surface area contributed by atoms with Gasteiger partial charge in [-0.15, -0.1) is 0 Å². The molecule has 0 aliphatic carbocycles. The summed E-state index contributed by atoms with van der Waals surface area (Å²) in [6.45, 7) is 1.46. The van der Waals surface area contributed by atoms with Crippen molar-refractivity contribution in [2.75, 3.05) is 6.54 Å². The predicted molar refractivity (Wildman–Crippen MR) is 75.9 cm³/mol. The van der Waals surface area contributed by atoms with E-state index in [-0.39, 0.29) is 5.91 Å². The second-order valence-corrected chi connectivity index (χ2v) is 5.43. The summed E-state index contributed by atoms with van der Waals surface area (Å²) in [5, 5.41) is 0. The number of nitrogens with zero attached hydrogens (tertiary/aromatic N) is 1. The minimum Gasteiger partial charge on any atom is -0.457 e. The summed E-state index contributed by atoms with van der Waals surface area (Å²) >= 11 is 3.27. The molecule has 0 saturated heterocycles. The molecule has 0 unspecified atom stereocenters. The lowest BCUT2D eigenvalue weighted by Crippen LogP contribution is -2.30. The first-order chi connectivity index (χ1) is 9.25. The lowest BCUT2D eigenvalue weighted by Gasteiger charge is -2.20. The second-order valence-electron chi connectivity index (χ2n) is 4.71. The SMILES string of the molecule is O=C(c1ccoc1Br)N1CCCc2ccccc2C1. The monoisotopic (exact) mass is 319 g/mol. The third kappa shape index (κ3) is 2.45. The van der Waals surface area contributed by atoms with Gasteiger partial charge in [0.15, 0.2) is 4.67 Å². The zero-order valence-electron chi connectivity index (χ0n) is 10.4. The van der Waals surface area contributed by atoms with Crippen LogP contribution in [-0.4, -0.2) is 17.4 Å². The molecule has 1 aliphatic rings. The largest absolute Gasteiger partial charge is 0.457 e. The van der Waals surface area contributed by atoms with E-state index in [1.807, 2.05) is 11.0 Å². The van der Waals surface area contributed by atoms with Gasteiger partial charge in [-0.05, 0) is 46.0 Å². The Bertz CT molecular complexity index is 606. The van der Waals surface area contributed by atoms with Crippen LogP contribution in [0.3, 0.4) is 0 Å². The van der Waals surface area contributed by atoms with Crippen molar-refractivity contribution in [2.24, 2.45) is 0 Å². The molecule has 0 atom stereocenters. The van der Waals surface area contributed by atoms with E-state index < -0.39 is 0 Å². The Balaban J connectivity index is 1.87. The van der Waals surface area contributed by atoms with Crippen LogP contribution < -0.4 is 0 Å². The van der Waals surface area contributed by atoms with Gasteiger partial charge in [-0.2, -0.15) is 0 Å². The van der Waals surface area contributed by atoms with Gasteiger partial charge in [-0.3, -0.25) is 4.79 Å². The maximum Gasteiger partial charge on any atom is 0.258 e. The van der Waals surface area contributed by atoms with Crippen LogP contribution in [0.5, 0.6) is 0 Å². The summed E-state index contributed by atoms with van der Waals surface area (Å²) in [5.74, 6) is 0.0253. The minimum absolute atomic E-state index is 0.0253. The average Bonchev–Trinajstić information content (AvgIpc) is 2.73. The number of benzene rings is 1. The van der Waals surface area contributed by atoms with Gasteiger partial charge in [0.2, 0.25) is 0 Å². The normalized spacial score (nSPS) is 14.9. The van der Waals surface area contributed by atoms with Crippen molar-refractivity contribution in [1.29, 1.82) is 0 Å². The summed E-state index contributed by atoms with van der Waals surface area (Å²) in [5.41, 5.74) is 3.19. The molecule has 0 radical (unpaired) electrons. The fourth-order valence-corrected chi connectivity index (χ4v) is 2.90. The number of amides is 1. The number of hydrogen-bond donors (Lipinski definition) is 0. The number of rotatable bonds is 1. The van der Waals surface area contributed by atoms with Crippen molar-refractivity contribution in [2.45, 2.75) is 19.4 Å². The van der Waals surface area contributed by atoms with E-state index >= 15 is 0 Å². The zero-order chi connectivity index (χ0) is 13.2. The quantitative estimate of drug-likeness (QED) is 0.804. The first-order valence-corrected chi connectivity index (χ1v) is 7.14. The molecule has 4 heteroatoms. The Morgan fingerprint density at radius 1 is 1.21 bits per heavy atom. The van der Waals surface area contributed by atoms with E-state index in [0.29, 0.717) is 16.8 Å². The Kier molecular flexibility index (Phi) is 3.42. The van der Waals surface area contributed by atoms with Gasteiger partial charge in [0.1, 0.15) is 0 Å². The van der Waals surface area contributed by atoms with Crippen LogP contribution in [0.1, 0.15) is 27.9 Å². The lowest BCUT2D eigenvalue weighted by atomic mass is 10.0. The van der Waals surface area contributed by atoms with Crippen molar-refractivity contribution in [3.8, 4) is 0 Å². The summed E-state index contributed by atoms with van der Waals surface area (Å²) in [4.78, 5) is 14.4. The lowest BCUT2D eigenvalue weighted by molar-refractivity contribution is 0.0744. The van der Waals surface area contributed by atoms with Crippen LogP contribution in [0, 0.1) is 0 Å². The fourth-order valence-electron chi connectivity index (χ4n) is 2.49. The number of halogens is 1. The van der Waals surface area contributed by atoms with Gasteiger partial charge in [-0.25, -0.2) is 0 Å². The Hall–Kier alpha value is -1.55. The molecule has 0 N–H and O–H groups in total. The number of furan rings is 1. The van der Waals surface area contributed by atoms with Gasteiger partial charge in [0, 0.05) is 13.1 Å². The number of carbonyl (C=O) groups is 1. The van der Waals surface area contributed by atoms with Crippen molar-refractivity contribution in [1.82, 2.24) is 4.90 Å². The van der Waals surface area contributed by atoms with Crippen molar-refractivity contribution in [3.63, 3.8) is 0 Å². The van der Waals surface area contributed by atoms with Crippen molar-refractivity contribution in [3.05, 3.63) is 58.0 Å². The Labute approximate surface area is 120 Å². The molecule has 0 spiro atoms. The molecule has 2 heterocycles. The van der Waals surface area contributed by atoms with E-state index in [4.69, 9.17) is 4.42 Å². The molecular weight excluding hydrogens is 306 g/mol. The molecule has 3 rings (SSSR count). The standard InChI is InChI=1S/C15H14BrNO2/c16-14-13(7-9-19-14)15(18)17-8-3-6-11-4-1-2-5-12(11)10-17/h1-2,4-5,7,9H,3,6,8,10H2. The topological polar surface area (TPSA) is 33.5 Å². The average molecular weight is 320 g/mol. The van der Waals surface area contributed by atoms with E-state index in [0.717, 1.165) is 19.4 Å². The minimum atomic E-state index is 0.0253. The molecule has 1 aromatic carbocycles. The second kappa shape index (κ2) is 5.21. The molecule has 0 fully saturated rings. The zero-order valence-corrected chi connectivity index (χ0v) is 12.0. The fraction of sp³-hybridized carbons (Fsp3) is 0.267. The highest BCUT2D eigenvalue weighted by atomic mass is 79.9. The number of carbonyl (C=O) groups excluding carboxylic acids is 1. The number of fused-ring (bicyclic) bond motifs is 1. The summed E-state index contributed by atoms with van der Waals surface area (Å²) in [6, 6.07) is 10.1. The van der Waals surface area contributed by atoms with Gasteiger partial charge >= 0.3 is 0 Å². The van der Waals surface area contributed by atoms with Crippen molar-refractivity contribution < 1.29 is 9.21 Å². The molecule has 0 bridgehead atoms. The van der Waals surface area contributed by atoms with Gasteiger partial charge in [0.25, 0.3) is 5.91 Å². The van der Waals surface area contributed by atoms with Crippen LogP contribution in [0.2, 0.25) is 0 Å². The van der Waals surface area contributed by atoms with E-state index in [2.05, 4.69) is 34.1 Å². The molecule has 0 saturated carbocycles. The van der Waals surface area contributed by atoms with E-state index in [1.165, 1.54) is 17.4 Å². The highest BCUT2D eigenvalue weighted by molar-refractivity contribution is 9.10. The molecular formula is C15H14BrNO2. The van der Waals surface area contributed by atoms with Crippen LogP contribution in [0.4, 0.5) is 0 Å². The highest BCUT2D eigenvalue weighted by Gasteiger charge is 2.22. The van der Waals surface area contributed by atoms with Crippen LogP contribution in [0.25, 0.3) is 0 Å². The third-order valence-corrected chi connectivity index (χ3v) is 4.10. The maximum absolute atomic E-state index is 12.5. The molecule has 1 aromatic heterocycles. The number of hydrogen-bond acceptors (Lipinski definition) is 2. The van der Waals surface area contributed by atoms with Crippen LogP contribution in [0.15, 0.2) is 45.7 Å². The van der Waals surface area contributed by atoms with Crippen molar-refractivity contribution >= 4 is 21.8 Å². The first-order valence-electron chi connectivity index (χ1n) is 6.35. The summed E-state index contributed by atoms with van der Waals surface area (Å²) in [7, 11) is 0. The molecule has 98 valence electrons. The van der Waals surface area contributed by atoms with E-state index in [1.54, 1.807) is 6.07 Å². The van der Waals surface area contributed by atoms with Crippen LogP contribution >= 0.6 is 15.9 Å². The third-order valence-electron chi connectivity index (χ3n) is 3.49. The maximum atomic E-state index is 12.5. The molecule has 2 aromatic rings. The Morgan fingerprint density at radius 3 is 2.74 bits per heavy atom. The Morgan fingerprint density at radius 2 is 2.00 bits per heavy atom. The molecule has 1 aliphatic heterocycles. The van der Waals surface area contributed by atoms with E-state index in [9.17, 15) is 4.79 Å². The molecule has 1 amide bonds. The first kappa shape index (κ1) is 12.5. The highest BCUT2D eigenvalue weighted by Crippen LogP contribution is 2.23.